The number of carbonyl (C=O) groups is 1. The van der Waals surface area contributed by atoms with Crippen LogP contribution in [-0.2, 0) is 11.3 Å². The highest BCUT2D eigenvalue weighted by Gasteiger charge is 2.13. The number of likely N-dealkylation sites (N-methyl/N-ethyl adjacent to an activating group) is 1. The Bertz CT molecular complexity index is 792. The van der Waals surface area contributed by atoms with Gasteiger partial charge in [0.1, 0.15) is 6.54 Å². The molecule has 0 aliphatic carbocycles. The van der Waals surface area contributed by atoms with Gasteiger partial charge in [-0.2, -0.15) is 0 Å². The number of hydrogen-bond acceptors (Lipinski definition) is 5. The lowest BCUT2D eigenvalue weighted by molar-refractivity contribution is -0.885. The monoisotopic (exact) mass is 374 g/mol. The van der Waals surface area contributed by atoms with Gasteiger partial charge in [0.25, 0.3) is 11.6 Å². The van der Waals surface area contributed by atoms with Crippen molar-refractivity contribution < 1.29 is 24.1 Å². The molecule has 1 atom stereocenters. The van der Waals surface area contributed by atoms with Crippen molar-refractivity contribution >= 4 is 17.3 Å². The van der Waals surface area contributed by atoms with Crippen LogP contribution in [0.1, 0.15) is 12.5 Å². The average molecular weight is 374 g/mol. The molecular weight excluding hydrogens is 350 g/mol. The SMILES string of the molecule is CCOc1ccc(C[NH+](C)CC(=O)Nc2ccc([N+](=O)[O-])cc2)cc1OC. The summed E-state index contributed by atoms with van der Waals surface area (Å²) < 4.78 is 10.8. The standard InChI is InChI=1S/C19H23N3O5/c1-4-27-17-10-5-14(11-18(17)26-3)12-21(2)13-19(23)20-15-6-8-16(9-7-15)22(24)25/h5-11H,4,12-13H2,1-3H3,(H,20,23)/p+1. The predicted octanol–water partition coefficient (Wildman–Crippen LogP) is 1.66. The number of nitrogens with one attached hydrogen (secondary N) is 2. The molecule has 2 aromatic rings. The van der Waals surface area contributed by atoms with Crippen molar-refractivity contribution in [2.24, 2.45) is 0 Å². The molecule has 0 spiro atoms. The molecule has 1 unspecified atom stereocenters. The number of non-ortho nitro benzene ring substituents is 1. The molecule has 0 radical (unpaired) electrons. The summed E-state index contributed by atoms with van der Waals surface area (Å²) in [4.78, 5) is 23.3. The van der Waals surface area contributed by atoms with Gasteiger partial charge in [0.15, 0.2) is 18.0 Å². The molecule has 1 amide bonds. The van der Waals surface area contributed by atoms with Crippen molar-refractivity contribution in [3.8, 4) is 11.5 Å². The van der Waals surface area contributed by atoms with Crippen LogP contribution in [0.25, 0.3) is 0 Å². The molecular formula is C19H24N3O5+. The molecule has 0 saturated heterocycles. The number of hydrogen-bond donors (Lipinski definition) is 2. The zero-order valence-electron chi connectivity index (χ0n) is 15.7. The Kier molecular flexibility index (Phi) is 7.13. The van der Waals surface area contributed by atoms with Crippen LogP contribution < -0.4 is 19.7 Å². The van der Waals surface area contributed by atoms with E-state index in [1.165, 1.54) is 24.3 Å². The first-order valence-corrected chi connectivity index (χ1v) is 8.58. The van der Waals surface area contributed by atoms with E-state index in [0.29, 0.717) is 30.3 Å². The number of quaternary nitrogens is 1. The van der Waals surface area contributed by atoms with Gasteiger partial charge in [-0.25, -0.2) is 0 Å². The van der Waals surface area contributed by atoms with E-state index >= 15 is 0 Å². The Hall–Kier alpha value is -3.13. The highest BCUT2D eigenvalue weighted by atomic mass is 16.6. The summed E-state index contributed by atoms with van der Waals surface area (Å²) in [6.07, 6.45) is 0. The van der Waals surface area contributed by atoms with Crippen LogP contribution in [0.15, 0.2) is 42.5 Å². The van der Waals surface area contributed by atoms with Gasteiger partial charge in [-0.3, -0.25) is 14.9 Å². The Morgan fingerprint density at radius 1 is 1.19 bits per heavy atom. The molecule has 0 aliphatic rings. The minimum atomic E-state index is -0.478. The summed E-state index contributed by atoms with van der Waals surface area (Å²) in [6, 6.07) is 11.5. The Morgan fingerprint density at radius 2 is 1.89 bits per heavy atom. The number of carbonyl (C=O) groups excluding carboxylic acids is 1. The summed E-state index contributed by atoms with van der Waals surface area (Å²) in [5.74, 6) is 1.19. The minimum Gasteiger partial charge on any atom is -0.493 e. The second-order valence-corrected chi connectivity index (χ2v) is 6.08. The van der Waals surface area contributed by atoms with Crippen LogP contribution in [0.2, 0.25) is 0 Å². The molecule has 0 aromatic heterocycles. The van der Waals surface area contributed by atoms with E-state index in [4.69, 9.17) is 9.47 Å². The molecule has 0 heterocycles. The Balaban J connectivity index is 1.91. The maximum atomic E-state index is 12.2. The van der Waals surface area contributed by atoms with Crippen molar-refractivity contribution in [3.63, 3.8) is 0 Å². The largest absolute Gasteiger partial charge is 0.493 e. The van der Waals surface area contributed by atoms with E-state index in [2.05, 4.69) is 5.32 Å². The number of amides is 1. The van der Waals surface area contributed by atoms with Gasteiger partial charge < -0.3 is 19.7 Å². The highest BCUT2D eigenvalue weighted by molar-refractivity contribution is 5.91. The van der Waals surface area contributed by atoms with Crippen LogP contribution in [0.3, 0.4) is 0 Å². The first-order chi connectivity index (χ1) is 12.9. The van der Waals surface area contributed by atoms with Gasteiger partial charge in [0, 0.05) is 23.4 Å². The maximum Gasteiger partial charge on any atom is 0.279 e. The van der Waals surface area contributed by atoms with Crippen molar-refractivity contribution in [2.45, 2.75) is 13.5 Å². The van der Waals surface area contributed by atoms with Gasteiger partial charge in [-0.15, -0.1) is 0 Å². The van der Waals surface area contributed by atoms with E-state index in [-0.39, 0.29) is 18.1 Å². The van der Waals surface area contributed by atoms with E-state index in [1.807, 2.05) is 32.2 Å². The lowest BCUT2D eigenvalue weighted by atomic mass is 10.2. The molecule has 0 aliphatic heterocycles. The molecule has 27 heavy (non-hydrogen) atoms. The number of methoxy groups -OCH3 is 1. The van der Waals surface area contributed by atoms with Crippen molar-refractivity contribution in [1.82, 2.24) is 0 Å². The first kappa shape index (κ1) is 20.2. The van der Waals surface area contributed by atoms with Crippen molar-refractivity contribution in [1.29, 1.82) is 0 Å². The topological polar surface area (TPSA) is 95.1 Å². The predicted molar refractivity (Wildman–Crippen MR) is 101 cm³/mol. The molecule has 144 valence electrons. The quantitative estimate of drug-likeness (QED) is 0.514. The molecule has 2 rings (SSSR count). The van der Waals surface area contributed by atoms with Crippen LogP contribution in [0, 0.1) is 10.1 Å². The number of benzene rings is 2. The maximum absolute atomic E-state index is 12.2. The zero-order chi connectivity index (χ0) is 19.8. The highest BCUT2D eigenvalue weighted by Crippen LogP contribution is 2.27. The molecule has 2 aromatic carbocycles. The van der Waals surface area contributed by atoms with E-state index in [9.17, 15) is 14.9 Å². The molecule has 0 saturated carbocycles. The number of nitro groups is 1. The fraction of sp³-hybridized carbons (Fsp3) is 0.316. The summed E-state index contributed by atoms with van der Waals surface area (Å²) >= 11 is 0. The lowest BCUT2D eigenvalue weighted by Gasteiger charge is -2.15. The number of ether oxygens (including phenoxy) is 2. The minimum absolute atomic E-state index is 0.0137. The summed E-state index contributed by atoms with van der Waals surface area (Å²) in [5.41, 5.74) is 1.54. The second kappa shape index (κ2) is 9.54. The number of nitro benzene ring substituents is 1. The Morgan fingerprint density at radius 3 is 2.48 bits per heavy atom. The van der Waals surface area contributed by atoms with Crippen molar-refractivity contribution in [3.05, 3.63) is 58.1 Å². The smallest absolute Gasteiger partial charge is 0.279 e. The third-order valence-electron chi connectivity index (χ3n) is 3.86. The molecule has 8 nitrogen and oxygen atoms in total. The fourth-order valence-corrected chi connectivity index (χ4v) is 2.65. The molecule has 8 heteroatoms. The summed E-state index contributed by atoms with van der Waals surface area (Å²) in [7, 11) is 3.51. The van der Waals surface area contributed by atoms with Gasteiger partial charge in [0.2, 0.25) is 0 Å². The normalized spacial score (nSPS) is 11.5. The zero-order valence-corrected chi connectivity index (χ0v) is 15.7. The number of nitrogens with zero attached hydrogens (tertiary/aromatic N) is 1. The van der Waals surface area contributed by atoms with Crippen LogP contribution in [0.4, 0.5) is 11.4 Å². The Labute approximate surface area is 157 Å². The molecule has 0 bridgehead atoms. The third-order valence-corrected chi connectivity index (χ3v) is 3.86. The number of rotatable bonds is 9. The fourth-order valence-electron chi connectivity index (χ4n) is 2.65. The lowest BCUT2D eigenvalue weighted by Crippen LogP contribution is -3.08. The van der Waals surface area contributed by atoms with Gasteiger partial charge >= 0.3 is 0 Å². The van der Waals surface area contributed by atoms with Crippen LogP contribution >= 0.6 is 0 Å². The van der Waals surface area contributed by atoms with Gasteiger partial charge in [-0.05, 0) is 37.3 Å². The van der Waals surface area contributed by atoms with E-state index in [0.717, 1.165) is 10.5 Å². The molecule has 2 N–H and O–H groups in total. The van der Waals surface area contributed by atoms with Gasteiger partial charge in [-0.1, -0.05) is 0 Å². The van der Waals surface area contributed by atoms with Gasteiger partial charge in [0.05, 0.1) is 25.7 Å². The van der Waals surface area contributed by atoms with E-state index in [1.54, 1.807) is 7.11 Å². The second-order valence-electron chi connectivity index (χ2n) is 6.08. The first-order valence-electron chi connectivity index (χ1n) is 8.58. The third kappa shape index (κ3) is 5.96. The number of anilines is 1. The van der Waals surface area contributed by atoms with Crippen molar-refractivity contribution in [2.75, 3.05) is 32.6 Å². The average Bonchev–Trinajstić information content (AvgIpc) is 2.63. The van der Waals surface area contributed by atoms with Crippen LogP contribution in [-0.4, -0.2) is 38.1 Å². The molecule has 0 fully saturated rings. The van der Waals surface area contributed by atoms with E-state index < -0.39 is 4.92 Å². The van der Waals surface area contributed by atoms with Crippen LogP contribution in [0.5, 0.6) is 11.5 Å². The summed E-state index contributed by atoms with van der Waals surface area (Å²) in [6.45, 7) is 3.36. The summed E-state index contributed by atoms with van der Waals surface area (Å²) in [5, 5.41) is 13.4.